The summed E-state index contributed by atoms with van der Waals surface area (Å²) in [5, 5.41) is 11.8. The second-order valence-electron chi connectivity index (χ2n) is 5.02. The van der Waals surface area contributed by atoms with Crippen molar-refractivity contribution in [2.75, 3.05) is 6.61 Å². The van der Waals surface area contributed by atoms with E-state index in [1.807, 2.05) is 6.92 Å². The Balaban J connectivity index is 1.94. The minimum atomic E-state index is -0.757. The van der Waals surface area contributed by atoms with Crippen LogP contribution in [0.1, 0.15) is 19.8 Å². The van der Waals surface area contributed by atoms with E-state index in [0.717, 1.165) is 12.8 Å². The van der Waals surface area contributed by atoms with E-state index in [1.54, 1.807) is 0 Å². The summed E-state index contributed by atoms with van der Waals surface area (Å²) in [6.45, 7) is 5.52. The van der Waals surface area contributed by atoms with Crippen LogP contribution in [0.4, 0.5) is 4.79 Å². The Morgan fingerprint density at radius 2 is 2.35 bits per heavy atom. The third-order valence-corrected chi connectivity index (χ3v) is 3.91. The number of carbonyl (C=O) groups excluding carboxylic acids is 1. The molecule has 0 aromatic carbocycles. The molecular formula is C12H17NO4. The van der Waals surface area contributed by atoms with E-state index in [9.17, 15) is 9.59 Å². The Morgan fingerprint density at radius 1 is 1.65 bits per heavy atom. The van der Waals surface area contributed by atoms with Crippen molar-refractivity contribution in [3.05, 3.63) is 12.7 Å². The standard InChI is InChI=1S/C12H17NO4/c1-3-6-17-11(16)13-12(2)5-4-7-8(9(7)12)10(14)15/h3,7-9H,1,4-6H2,2H3,(H,13,16)(H,14,15)/t7-,8-,9-,12-/m0/s1. The molecule has 4 atom stereocenters. The number of hydrogen-bond acceptors (Lipinski definition) is 3. The van der Waals surface area contributed by atoms with E-state index in [-0.39, 0.29) is 24.4 Å². The number of hydrogen-bond donors (Lipinski definition) is 2. The van der Waals surface area contributed by atoms with Crippen LogP contribution in [-0.4, -0.2) is 29.3 Å². The third kappa shape index (κ3) is 2.01. The SMILES string of the molecule is C=CCOC(=O)N[C@@]1(C)CC[C@H]2[C@H](C(=O)O)[C@H]21. The van der Waals surface area contributed by atoms with Gasteiger partial charge in [-0.05, 0) is 31.6 Å². The molecule has 94 valence electrons. The summed E-state index contributed by atoms with van der Waals surface area (Å²) in [5.41, 5.74) is -0.439. The molecule has 0 saturated heterocycles. The van der Waals surface area contributed by atoms with E-state index in [2.05, 4.69) is 11.9 Å². The van der Waals surface area contributed by atoms with Crippen LogP contribution >= 0.6 is 0 Å². The average Bonchev–Trinajstić information content (AvgIpc) is 2.91. The first kappa shape index (κ1) is 12.0. The zero-order valence-corrected chi connectivity index (χ0v) is 9.81. The van der Waals surface area contributed by atoms with Gasteiger partial charge in [0.05, 0.1) is 5.92 Å². The van der Waals surface area contributed by atoms with Crippen molar-refractivity contribution in [1.29, 1.82) is 0 Å². The van der Waals surface area contributed by atoms with Gasteiger partial charge in [0.2, 0.25) is 0 Å². The van der Waals surface area contributed by atoms with Gasteiger partial charge in [-0.3, -0.25) is 4.79 Å². The molecule has 0 bridgehead atoms. The Hall–Kier alpha value is -1.52. The Bertz CT molecular complexity index is 368. The fourth-order valence-corrected chi connectivity index (χ4v) is 3.12. The van der Waals surface area contributed by atoms with Gasteiger partial charge in [-0.1, -0.05) is 12.7 Å². The van der Waals surface area contributed by atoms with Crippen molar-refractivity contribution in [2.24, 2.45) is 17.8 Å². The highest BCUT2D eigenvalue weighted by Gasteiger charge is 2.67. The Labute approximate surface area is 99.8 Å². The van der Waals surface area contributed by atoms with Crippen molar-refractivity contribution >= 4 is 12.1 Å². The first-order valence-electron chi connectivity index (χ1n) is 5.78. The molecule has 5 nitrogen and oxygen atoms in total. The van der Waals surface area contributed by atoms with Crippen LogP contribution in [0.2, 0.25) is 0 Å². The van der Waals surface area contributed by atoms with E-state index in [1.165, 1.54) is 6.08 Å². The average molecular weight is 239 g/mol. The summed E-state index contributed by atoms with van der Waals surface area (Å²) in [7, 11) is 0. The highest BCUT2D eigenvalue weighted by molar-refractivity contribution is 5.76. The predicted molar refractivity (Wildman–Crippen MR) is 60.4 cm³/mol. The third-order valence-electron chi connectivity index (χ3n) is 3.91. The summed E-state index contributed by atoms with van der Waals surface area (Å²) < 4.78 is 4.87. The molecule has 2 N–H and O–H groups in total. The molecule has 0 radical (unpaired) electrons. The smallest absolute Gasteiger partial charge is 0.407 e. The summed E-state index contributed by atoms with van der Waals surface area (Å²) in [4.78, 5) is 22.4. The maximum Gasteiger partial charge on any atom is 0.407 e. The molecule has 0 unspecified atom stereocenters. The quantitative estimate of drug-likeness (QED) is 0.727. The number of aliphatic carboxylic acids is 1. The van der Waals surface area contributed by atoms with Gasteiger partial charge < -0.3 is 15.2 Å². The monoisotopic (exact) mass is 239 g/mol. The summed E-state index contributed by atoms with van der Waals surface area (Å²) in [6, 6.07) is 0. The predicted octanol–water partition coefficient (Wildman–Crippen LogP) is 1.40. The number of alkyl carbamates (subject to hydrolysis) is 1. The summed E-state index contributed by atoms with van der Waals surface area (Å²) in [5.74, 6) is -0.783. The van der Waals surface area contributed by atoms with Crippen LogP contribution in [0, 0.1) is 17.8 Å². The molecule has 2 saturated carbocycles. The molecule has 0 aliphatic heterocycles. The van der Waals surface area contributed by atoms with E-state index < -0.39 is 17.6 Å². The lowest BCUT2D eigenvalue weighted by Crippen LogP contribution is -2.47. The number of rotatable bonds is 4. The molecule has 5 heteroatoms. The molecule has 0 heterocycles. The van der Waals surface area contributed by atoms with Crippen LogP contribution < -0.4 is 5.32 Å². The maximum absolute atomic E-state index is 11.5. The van der Waals surface area contributed by atoms with Crippen LogP contribution in [0.15, 0.2) is 12.7 Å². The van der Waals surface area contributed by atoms with Gasteiger partial charge >= 0.3 is 12.1 Å². The molecule has 17 heavy (non-hydrogen) atoms. The second-order valence-corrected chi connectivity index (χ2v) is 5.02. The van der Waals surface area contributed by atoms with Crippen molar-refractivity contribution < 1.29 is 19.4 Å². The van der Waals surface area contributed by atoms with Crippen molar-refractivity contribution in [1.82, 2.24) is 5.32 Å². The van der Waals surface area contributed by atoms with Crippen LogP contribution in [0.3, 0.4) is 0 Å². The molecule has 2 aliphatic rings. The fourth-order valence-electron chi connectivity index (χ4n) is 3.12. The summed E-state index contributed by atoms with van der Waals surface area (Å²) >= 11 is 0. The first-order chi connectivity index (χ1) is 7.99. The van der Waals surface area contributed by atoms with Gasteiger partial charge in [0.15, 0.2) is 0 Å². The van der Waals surface area contributed by atoms with E-state index in [0.29, 0.717) is 0 Å². The largest absolute Gasteiger partial charge is 0.481 e. The topological polar surface area (TPSA) is 75.6 Å². The molecule has 2 aliphatic carbocycles. The lowest BCUT2D eigenvalue weighted by Gasteiger charge is -2.28. The number of ether oxygens (including phenoxy) is 1. The number of nitrogens with one attached hydrogen (secondary N) is 1. The van der Waals surface area contributed by atoms with Gasteiger partial charge in [-0.2, -0.15) is 0 Å². The number of amides is 1. The van der Waals surface area contributed by atoms with Crippen molar-refractivity contribution in [2.45, 2.75) is 25.3 Å². The highest BCUT2D eigenvalue weighted by atomic mass is 16.5. The molecule has 2 rings (SSSR count). The normalized spacial score (nSPS) is 38.1. The zero-order chi connectivity index (χ0) is 12.6. The minimum absolute atomic E-state index is 0.0521. The lowest BCUT2D eigenvalue weighted by atomic mass is 9.93. The van der Waals surface area contributed by atoms with Gasteiger partial charge in [-0.25, -0.2) is 4.79 Å². The van der Waals surface area contributed by atoms with Crippen molar-refractivity contribution in [3.63, 3.8) is 0 Å². The lowest BCUT2D eigenvalue weighted by molar-refractivity contribution is -0.139. The molecule has 0 aromatic heterocycles. The molecule has 1 amide bonds. The highest BCUT2D eigenvalue weighted by Crippen LogP contribution is 2.62. The van der Waals surface area contributed by atoms with Crippen LogP contribution in [-0.2, 0) is 9.53 Å². The second kappa shape index (κ2) is 4.05. The zero-order valence-electron chi connectivity index (χ0n) is 9.81. The molecule has 2 fully saturated rings. The van der Waals surface area contributed by atoms with Crippen LogP contribution in [0.5, 0.6) is 0 Å². The van der Waals surface area contributed by atoms with Gasteiger partial charge in [-0.15, -0.1) is 0 Å². The number of carboxylic acid groups (broad SMARTS) is 1. The van der Waals surface area contributed by atoms with Crippen LogP contribution in [0.25, 0.3) is 0 Å². The van der Waals surface area contributed by atoms with Gasteiger partial charge in [0.1, 0.15) is 6.61 Å². The summed E-state index contributed by atoms with van der Waals surface area (Å²) in [6.07, 6.45) is 2.68. The van der Waals surface area contributed by atoms with Crippen molar-refractivity contribution in [3.8, 4) is 0 Å². The first-order valence-corrected chi connectivity index (χ1v) is 5.78. The minimum Gasteiger partial charge on any atom is -0.481 e. The Kier molecular flexibility index (Phi) is 2.85. The Morgan fingerprint density at radius 3 is 2.88 bits per heavy atom. The maximum atomic E-state index is 11.5. The fraction of sp³-hybridized carbons (Fsp3) is 0.667. The molecule has 0 aromatic rings. The van der Waals surface area contributed by atoms with Gasteiger partial charge in [0.25, 0.3) is 0 Å². The number of carboxylic acids is 1. The van der Waals surface area contributed by atoms with E-state index >= 15 is 0 Å². The number of carbonyl (C=O) groups is 2. The molecular weight excluding hydrogens is 222 g/mol. The van der Waals surface area contributed by atoms with E-state index in [4.69, 9.17) is 9.84 Å². The molecule has 0 spiro atoms. The number of fused-ring (bicyclic) bond motifs is 1. The van der Waals surface area contributed by atoms with Gasteiger partial charge in [0, 0.05) is 5.54 Å².